The lowest BCUT2D eigenvalue weighted by atomic mass is 10.2. The van der Waals surface area contributed by atoms with Gasteiger partial charge in [0.2, 0.25) is 0 Å². The smallest absolute Gasteiger partial charge is 0.162 e. The second-order valence-electron chi connectivity index (χ2n) is 5.74. The predicted molar refractivity (Wildman–Crippen MR) is 99.9 cm³/mol. The van der Waals surface area contributed by atoms with E-state index in [-0.39, 0.29) is 0 Å². The van der Waals surface area contributed by atoms with E-state index < -0.39 is 0 Å². The zero-order chi connectivity index (χ0) is 18.2. The SMILES string of the molecule is COc1ccc(COc2cc(C=O)ccc2OCc2ccccc2)cc1. The van der Waals surface area contributed by atoms with Crippen molar-refractivity contribution in [3.8, 4) is 17.2 Å². The molecular weight excluding hydrogens is 328 g/mol. The molecule has 0 aliphatic carbocycles. The molecule has 0 aromatic heterocycles. The van der Waals surface area contributed by atoms with Crippen LogP contribution < -0.4 is 14.2 Å². The van der Waals surface area contributed by atoms with E-state index in [9.17, 15) is 4.79 Å². The zero-order valence-electron chi connectivity index (χ0n) is 14.6. The minimum Gasteiger partial charge on any atom is -0.497 e. The second-order valence-corrected chi connectivity index (χ2v) is 5.74. The van der Waals surface area contributed by atoms with Gasteiger partial charge in [0.1, 0.15) is 25.2 Å². The molecule has 0 radical (unpaired) electrons. The molecule has 3 rings (SSSR count). The third kappa shape index (κ3) is 4.63. The molecule has 0 atom stereocenters. The van der Waals surface area contributed by atoms with Crippen LogP contribution in [0.4, 0.5) is 0 Å². The van der Waals surface area contributed by atoms with E-state index >= 15 is 0 Å². The number of methoxy groups -OCH3 is 1. The zero-order valence-corrected chi connectivity index (χ0v) is 14.6. The molecule has 0 bridgehead atoms. The van der Waals surface area contributed by atoms with Crippen molar-refractivity contribution in [1.29, 1.82) is 0 Å². The van der Waals surface area contributed by atoms with Crippen molar-refractivity contribution >= 4 is 6.29 Å². The lowest BCUT2D eigenvalue weighted by Gasteiger charge is -2.14. The summed E-state index contributed by atoms with van der Waals surface area (Å²) in [6.45, 7) is 0.800. The number of hydrogen-bond donors (Lipinski definition) is 0. The Morgan fingerprint density at radius 1 is 0.769 bits per heavy atom. The van der Waals surface area contributed by atoms with Gasteiger partial charge in [0.15, 0.2) is 11.5 Å². The molecule has 0 aliphatic rings. The number of rotatable bonds is 8. The Morgan fingerprint density at radius 3 is 2.08 bits per heavy atom. The molecule has 0 fully saturated rings. The minimum absolute atomic E-state index is 0.369. The maximum Gasteiger partial charge on any atom is 0.162 e. The van der Waals surface area contributed by atoms with Gasteiger partial charge < -0.3 is 14.2 Å². The maximum absolute atomic E-state index is 11.1. The van der Waals surface area contributed by atoms with Gasteiger partial charge >= 0.3 is 0 Å². The summed E-state index contributed by atoms with van der Waals surface area (Å²) in [6, 6.07) is 22.7. The van der Waals surface area contributed by atoms with Crippen molar-refractivity contribution < 1.29 is 19.0 Å². The van der Waals surface area contributed by atoms with Crippen LogP contribution in [0.5, 0.6) is 17.2 Å². The average Bonchev–Trinajstić information content (AvgIpc) is 2.72. The van der Waals surface area contributed by atoms with Gasteiger partial charge in [0, 0.05) is 5.56 Å². The van der Waals surface area contributed by atoms with Crippen LogP contribution >= 0.6 is 0 Å². The third-order valence-corrected chi connectivity index (χ3v) is 3.89. The van der Waals surface area contributed by atoms with Crippen LogP contribution in [0.15, 0.2) is 72.8 Å². The Morgan fingerprint density at radius 2 is 1.42 bits per heavy atom. The molecule has 0 aliphatic heterocycles. The van der Waals surface area contributed by atoms with E-state index in [4.69, 9.17) is 14.2 Å². The minimum atomic E-state index is 0.369. The molecule has 0 heterocycles. The van der Waals surface area contributed by atoms with Crippen LogP contribution in [-0.2, 0) is 13.2 Å². The molecular formula is C22H20O4. The third-order valence-electron chi connectivity index (χ3n) is 3.89. The summed E-state index contributed by atoms with van der Waals surface area (Å²) in [4.78, 5) is 11.1. The van der Waals surface area contributed by atoms with Crippen molar-refractivity contribution in [2.24, 2.45) is 0 Å². The van der Waals surface area contributed by atoms with Crippen LogP contribution in [0.25, 0.3) is 0 Å². The average molecular weight is 348 g/mol. The van der Waals surface area contributed by atoms with Crippen LogP contribution in [0.3, 0.4) is 0 Å². The predicted octanol–water partition coefficient (Wildman–Crippen LogP) is 4.67. The number of carbonyl (C=O) groups is 1. The van der Waals surface area contributed by atoms with Crippen molar-refractivity contribution in [3.05, 3.63) is 89.5 Å². The summed E-state index contributed by atoms with van der Waals surface area (Å²) in [5.41, 5.74) is 2.60. The highest BCUT2D eigenvalue weighted by Crippen LogP contribution is 2.30. The molecule has 0 spiro atoms. The standard InChI is InChI=1S/C22H20O4/c1-24-20-10-7-18(8-11-20)16-26-22-13-19(14-23)9-12-21(22)25-15-17-5-3-2-4-6-17/h2-14H,15-16H2,1H3. The van der Waals surface area contributed by atoms with E-state index in [1.165, 1.54) is 0 Å². The molecule has 26 heavy (non-hydrogen) atoms. The normalized spacial score (nSPS) is 10.2. The first kappa shape index (κ1) is 17.5. The summed E-state index contributed by atoms with van der Waals surface area (Å²) in [5.74, 6) is 1.94. The highest BCUT2D eigenvalue weighted by molar-refractivity contribution is 5.76. The molecule has 0 amide bonds. The first-order valence-corrected chi connectivity index (χ1v) is 8.30. The Bertz CT molecular complexity index is 842. The summed E-state index contributed by atoms with van der Waals surface area (Å²) >= 11 is 0. The fourth-order valence-corrected chi connectivity index (χ4v) is 2.45. The van der Waals surface area contributed by atoms with E-state index in [1.54, 1.807) is 25.3 Å². The second kappa shape index (κ2) is 8.72. The van der Waals surface area contributed by atoms with Crippen molar-refractivity contribution in [1.82, 2.24) is 0 Å². The Labute approximate surface area is 153 Å². The van der Waals surface area contributed by atoms with Gasteiger partial charge in [-0.3, -0.25) is 4.79 Å². The van der Waals surface area contributed by atoms with Crippen LogP contribution in [0, 0.1) is 0 Å². The molecule has 132 valence electrons. The molecule has 3 aromatic carbocycles. The molecule has 4 heteroatoms. The Balaban J connectivity index is 1.71. The van der Waals surface area contributed by atoms with Crippen molar-refractivity contribution in [3.63, 3.8) is 0 Å². The summed E-state index contributed by atoms with van der Waals surface area (Å²) < 4.78 is 16.9. The van der Waals surface area contributed by atoms with E-state index in [2.05, 4.69) is 0 Å². The number of aldehydes is 1. The van der Waals surface area contributed by atoms with Gasteiger partial charge in [0.25, 0.3) is 0 Å². The van der Waals surface area contributed by atoms with Gasteiger partial charge in [-0.25, -0.2) is 0 Å². The molecule has 0 saturated carbocycles. The fourth-order valence-electron chi connectivity index (χ4n) is 2.45. The fraction of sp³-hybridized carbons (Fsp3) is 0.136. The first-order chi connectivity index (χ1) is 12.8. The van der Waals surface area contributed by atoms with Gasteiger partial charge in [0.05, 0.1) is 7.11 Å². The summed E-state index contributed by atoms with van der Waals surface area (Å²) in [7, 11) is 1.63. The largest absolute Gasteiger partial charge is 0.497 e. The number of hydrogen-bond acceptors (Lipinski definition) is 4. The van der Waals surface area contributed by atoms with Crippen LogP contribution in [-0.4, -0.2) is 13.4 Å². The molecule has 0 N–H and O–H groups in total. The highest BCUT2D eigenvalue weighted by atomic mass is 16.5. The Kier molecular flexibility index (Phi) is 5.88. The number of ether oxygens (including phenoxy) is 3. The van der Waals surface area contributed by atoms with E-state index in [1.807, 2.05) is 54.6 Å². The number of benzene rings is 3. The van der Waals surface area contributed by atoms with Gasteiger partial charge in [-0.2, -0.15) is 0 Å². The van der Waals surface area contributed by atoms with Crippen LogP contribution in [0.2, 0.25) is 0 Å². The van der Waals surface area contributed by atoms with E-state index in [0.29, 0.717) is 30.3 Å². The molecule has 4 nitrogen and oxygen atoms in total. The summed E-state index contributed by atoms with van der Waals surface area (Å²) in [5, 5.41) is 0. The summed E-state index contributed by atoms with van der Waals surface area (Å²) in [6.07, 6.45) is 0.793. The van der Waals surface area contributed by atoms with Crippen LogP contribution in [0.1, 0.15) is 21.5 Å². The number of carbonyl (C=O) groups excluding carboxylic acids is 1. The monoisotopic (exact) mass is 348 g/mol. The van der Waals surface area contributed by atoms with Gasteiger partial charge in [-0.15, -0.1) is 0 Å². The first-order valence-electron chi connectivity index (χ1n) is 8.30. The molecule has 0 unspecified atom stereocenters. The highest BCUT2D eigenvalue weighted by Gasteiger charge is 2.08. The lowest BCUT2D eigenvalue weighted by Crippen LogP contribution is -2.01. The maximum atomic E-state index is 11.1. The van der Waals surface area contributed by atoms with Crippen molar-refractivity contribution in [2.45, 2.75) is 13.2 Å². The Hall–Kier alpha value is -3.27. The molecule has 0 saturated heterocycles. The van der Waals surface area contributed by atoms with Gasteiger partial charge in [-0.05, 0) is 41.5 Å². The van der Waals surface area contributed by atoms with Crippen molar-refractivity contribution in [2.75, 3.05) is 7.11 Å². The van der Waals surface area contributed by atoms with Gasteiger partial charge in [-0.1, -0.05) is 42.5 Å². The quantitative estimate of drug-likeness (QED) is 0.555. The lowest BCUT2D eigenvalue weighted by molar-refractivity contribution is 0.112. The van der Waals surface area contributed by atoms with E-state index in [0.717, 1.165) is 23.2 Å². The topological polar surface area (TPSA) is 44.8 Å². The molecule has 3 aromatic rings.